The molecule has 3 rings (SSSR count). The third kappa shape index (κ3) is 2.87. The molecule has 108 valence electrons. The van der Waals surface area contributed by atoms with Gasteiger partial charge in [0, 0.05) is 6.61 Å². The Morgan fingerprint density at radius 2 is 1.58 bits per heavy atom. The molecule has 19 heavy (non-hydrogen) atoms. The summed E-state index contributed by atoms with van der Waals surface area (Å²) in [6.07, 6.45) is 7.28. The van der Waals surface area contributed by atoms with Crippen LogP contribution in [0.1, 0.15) is 38.5 Å². The molecule has 4 heteroatoms. The molecule has 3 fully saturated rings. The lowest BCUT2D eigenvalue weighted by molar-refractivity contribution is -0.143. The number of aliphatic hydroxyl groups excluding tert-OH is 1. The van der Waals surface area contributed by atoms with Gasteiger partial charge < -0.3 is 19.3 Å². The lowest BCUT2D eigenvalue weighted by Gasteiger charge is -2.31. The first-order valence-electron chi connectivity index (χ1n) is 7.51. The van der Waals surface area contributed by atoms with Crippen LogP contribution in [-0.4, -0.2) is 48.3 Å². The minimum absolute atomic E-state index is 0.0642. The largest absolute Gasteiger partial charge is 0.390 e. The molecule has 3 aliphatic heterocycles. The Morgan fingerprint density at radius 3 is 2.42 bits per heavy atom. The van der Waals surface area contributed by atoms with Crippen LogP contribution in [0.2, 0.25) is 0 Å². The minimum atomic E-state index is -0.452. The van der Waals surface area contributed by atoms with Crippen molar-refractivity contribution in [2.75, 3.05) is 6.61 Å². The van der Waals surface area contributed by atoms with Gasteiger partial charge in [-0.3, -0.25) is 0 Å². The summed E-state index contributed by atoms with van der Waals surface area (Å²) >= 11 is 0. The van der Waals surface area contributed by atoms with Crippen molar-refractivity contribution >= 4 is 0 Å². The van der Waals surface area contributed by atoms with Crippen molar-refractivity contribution in [2.24, 2.45) is 0 Å². The highest BCUT2D eigenvalue weighted by molar-refractivity contribution is 4.94. The highest BCUT2D eigenvalue weighted by Gasteiger charge is 2.40. The summed E-state index contributed by atoms with van der Waals surface area (Å²) in [5.74, 6) is 0. The predicted molar refractivity (Wildman–Crippen MR) is 71.0 cm³/mol. The van der Waals surface area contributed by atoms with Crippen molar-refractivity contribution < 1.29 is 19.3 Å². The summed E-state index contributed by atoms with van der Waals surface area (Å²) in [7, 11) is 0. The zero-order valence-electron chi connectivity index (χ0n) is 11.4. The number of aliphatic hydroxyl groups is 1. The van der Waals surface area contributed by atoms with E-state index in [1.54, 1.807) is 6.08 Å². The summed E-state index contributed by atoms with van der Waals surface area (Å²) in [4.78, 5) is 0. The van der Waals surface area contributed by atoms with Crippen molar-refractivity contribution in [1.29, 1.82) is 0 Å². The monoisotopic (exact) mass is 268 g/mol. The molecule has 0 aromatic carbocycles. The van der Waals surface area contributed by atoms with Crippen molar-refractivity contribution in [3.8, 4) is 0 Å². The Kier molecular flexibility index (Phi) is 4.22. The Balaban J connectivity index is 1.72. The highest BCUT2D eigenvalue weighted by Crippen LogP contribution is 2.33. The maximum Gasteiger partial charge on any atom is 0.102 e. The van der Waals surface area contributed by atoms with E-state index in [1.165, 1.54) is 0 Å². The van der Waals surface area contributed by atoms with Gasteiger partial charge in [-0.25, -0.2) is 0 Å². The van der Waals surface area contributed by atoms with Crippen LogP contribution in [0.5, 0.6) is 0 Å². The normalized spacial score (nSPS) is 47.4. The Bertz CT molecular complexity index is 319. The second-order valence-electron chi connectivity index (χ2n) is 5.86. The van der Waals surface area contributed by atoms with Crippen LogP contribution in [0, 0.1) is 0 Å². The summed E-state index contributed by atoms with van der Waals surface area (Å²) in [6, 6.07) is 0. The van der Waals surface area contributed by atoms with E-state index in [-0.39, 0.29) is 30.5 Å². The van der Waals surface area contributed by atoms with Gasteiger partial charge in [0.1, 0.15) is 6.10 Å². The molecule has 3 heterocycles. The first-order valence-corrected chi connectivity index (χ1v) is 7.51. The number of hydrogen-bond acceptors (Lipinski definition) is 4. The van der Waals surface area contributed by atoms with Gasteiger partial charge in [-0.15, -0.1) is 6.58 Å². The van der Waals surface area contributed by atoms with Crippen LogP contribution >= 0.6 is 0 Å². The fourth-order valence-corrected chi connectivity index (χ4v) is 3.48. The Morgan fingerprint density at radius 1 is 0.895 bits per heavy atom. The molecular weight excluding hydrogens is 244 g/mol. The zero-order chi connectivity index (χ0) is 13.2. The Labute approximate surface area is 114 Å². The van der Waals surface area contributed by atoms with E-state index in [4.69, 9.17) is 14.2 Å². The molecule has 1 N–H and O–H groups in total. The van der Waals surface area contributed by atoms with Gasteiger partial charge in [0.05, 0.1) is 30.5 Å². The van der Waals surface area contributed by atoms with Gasteiger partial charge in [0.15, 0.2) is 0 Å². The van der Waals surface area contributed by atoms with E-state index >= 15 is 0 Å². The van der Waals surface area contributed by atoms with Crippen LogP contribution in [-0.2, 0) is 14.2 Å². The molecule has 4 nitrogen and oxygen atoms in total. The molecule has 0 radical (unpaired) electrons. The van der Waals surface area contributed by atoms with Crippen LogP contribution < -0.4 is 0 Å². The molecule has 0 amide bonds. The van der Waals surface area contributed by atoms with Gasteiger partial charge in [-0.05, 0) is 38.5 Å². The number of rotatable bonds is 1. The van der Waals surface area contributed by atoms with Crippen molar-refractivity contribution in [1.82, 2.24) is 0 Å². The lowest BCUT2D eigenvalue weighted by Crippen LogP contribution is -2.38. The molecule has 0 bridgehead atoms. The number of hydrogen-bond donors (Lipinski definition) is 1. The van der Waals surface area contributed by atoms with Gasteiger partial charge in [0.2, 0.25) is 0 Å². The van der Waals surface area contributed by atoms with Gasteiger partial charge in [-0.1, -0.05) is 6.08 Å². The molecule has 6 atom stereocenters. The predicted octanol–water partition coefficient (Wildman–Crippen LogP) is 1.81. The fraction of sp³-hybridized carbons (Fsp3) is 0.867. The smallest absolute Gasteiger partial charge is 0.102 e. The number of ether oxygens (including phenoxy) is 3. The van der Waals surface area contributed by atoms with Crippen molar-refractivity contribution in [3.63, 3.8) is 0 Å². The van der Waals surface area contributed by atoms with Gasteiger partial charge in [-0.2, -0.15) is 0 Å². The maximum absolute atomic E-state index is 10.0. The SMILES string of the molecule is C=C[C@H]1O[C@H]2CC[C@H]3OCCC[C@@H]3O[C@@H]2CC[C@@H]1O. The van der Waals surface area contributed by atoms with Crippen molar-refractivity contribution in [2.45, 2.75) is 75.1 Å². The van der Waals surface area contributed by atoms with Crippen LogP contribution in [0.3, 0.4) is 0 Å². The summed E-state index contributed by atoms with van der Waals surface area (Å²) in [5, 5.41) is 10.0. The summed E-state index contributed by atoms with van der Waals surface area (Å²) in [5.41, 5.74) is 0. The molecule has 0 saturated carbocycles. The molecule has 0 spiro atoms. The van der Waals surface area contributed by atoms with Crippen molar-refractivity contribution in [3.05, 3.63) is 12.7 Å². The molecular formula is C15H24O4. The highest BCUT2D eigenvalue weighted by atomic mass is 16.6. The van der Waals surface area contributed by atoms with Gasteiger partial charge >= 0.3 is 0 Å². The topological polar surface area (TPSA) is 47.9 Å². The van der Waals surface area contributed by atoms with E-state index in [0.29, 0.717) is 0 Å². The van der Waals surface area contributed by atoms with E-state index < -0.39 is 6.10 Å². The Hall–Kier alpha value is -0.420. The lowest BCUT2D eigenvalue weighted by atomic mass is 10.0. The van der Waals surface area contributed by atoms with E-state index in [0.717, 1.165) is 45.1 Å². The van der Waals surface area contributed by atoms with Crippen LogP contribution in [0.4, 0.5) is 0 Å². The first-order chi connectivity index (χ1) is 9.28. The summed E-state index contributed by atoms with van der Waals surface area (Å²) in [6.45, 7) is 4.62. The standard InChI is InChI=1S/C15H24O4/c1-2-11-10(16)5-6-14-15(18-11)8-7-12-13(19-14)4-3-9-17-12/h2,10-16H,1,3-9H2/t10-,11+,12+,13-,14+,15-/m0/s1. The number of fused-ring (bicyclic) bond motifs is 2. The molecule has 0 aliphatic carbocycles. The van der Waals surface area contributed by atoms with Crippen LogP contribution in [0.15, 0.2) is 12.7 Å². The average Bonchev–Trinajstić information content (AvgIpc) is 2.69. The molecule has 0 unspecified atom stereocenters. The van der Waals surface area contributed by atoms with Crippen LogP contribution in [0.25, 0.3) is 0 Å². The zero-order valence-corrected chi connectivity index (χ0v) is 11.4. The molecule has 0 aromatic rings. The minimum Gasteiger partial charge on any atom is -0.390 e. The molecule has 3 aliphatic rings. The van der Waals surface area contributed by atoms with E-state index in [9.17, 15) is 5.11 Å². The average molecular weight is 268 g/mol. The molecule has 0 aromatic heterocycles. The first kappa shape index (κ1) is 13.6. The summed E-state index contributed by atoms with van der Waals surface area (Å²) < 4.78 is 18.1. The van der Waals surface area contributed by atoms with Gasteiger partial charge in [0.25, 0.3) is 0 Å². The third-order valence-electron chi connectivity index (χ3n) is 4.57. The quantitative estimate of drug-likeness (QED) is 0.737. The second kappa shape index (κ2) is 5.92. The van der Waals surface area contributed by atoms with E-state index in [2.05, 4.69) is 6.58 Å². The van der Waals surface area contributed by atoms with E-state index in [1.807, 2.05) is 0 Å². The fourth-order valence-electron chi connectivity index (χ4n) is 3.48. The second-order valence-corrected chi connectivity index (χ2v) is 5.86. The third-order valence-corrected chi connectivity index (χ3v) is 4.57. The maximum atomic E-state index is 10.0. The molecule has 3 saturated heterocycles.